The van der Waals surface area contributed by atoms with Gasteiger partial charge in [0.25, 0.3) is 0 Å². The van der Waals surface area contributed by atoms with Gasteiger partial charge in [0.05, 0.1) is 18.3 Å². The predicted molar refractivity (Wildman–Crippen MR) is 97.7 cm³/mol. The molecule has 2 aliphatic heterocycles. The lowest BCUT2D eigenvalue weighted by atomic mass is 10.0. The molecule has 2 aliphatic rings. The second kappa shape index (κ2) is 7.00. The van der Waals surface area contributed by atoms with E-state index < -0.39 is 0 Å². The minimum absolute atomic E-state index is 0.246. The van der Waals surface area contributed by atoms with Gasteiger partial charge < -0.3 is 9.80 Å². The highest BCUT2D eigenvalue weighted by Gasteiger charge is 2.38. The topological polar surface area (TPSA) is 41.4 Å². The van der Waals surface area contributed by atoms with Crippen molar-refractivity contribution in [2.24, 2.45) is 0 Å². The zero-order valence-corrected chi connectivity index (χ0v) is 14.8. The summed E-state index contributed by atoms with van der Waals surface area (Å²) in [5, 5.41) is 4.41. The molecule has 1 aromatic heterocycles. The van der Waals surface area contributed by atoms with E-state index in [0.29, 0.717) is 18.5 Å². The van der Waals surface area contributed by atoms with Crippen molar-refractivity contribution in [2.45, 2.75) is 44.2 Å². The van der Waals surface area contributed by atoms with E-state index in [0.717, 1.165) is 37.2 Å². The van der Waals surface area contributed by atoms with Gasteiger partial charge in [0, 0.05) is 24.8 Å². The lowest BCUT2D eigenvalue weighted by Gasteiger charge is -2.33. The molecule has 5 nitrogen and oxygen atoms in total. The molecule has 1 amide bonds. The highest BCUT2D eigenvalue weighted by Crippen LogP contribution is 2.29. The molecule has 0 aliphatic carbocycles. The van der Waals surface area contributed by atoms with Crippen LogP contribution >= 0.6 is 0 Å². The van der Waals surface area contributed by atoms with E-state index in [9.17, 15) is 4.79 Å². The quantitative estimate of drug-likeness (QED) is 0.860. The summed E-state index contributed by atoms with van der Waals surface area (Å²) in [5.41, 5.74) is 2.01. The summed E-state index contributed by atoms with van der Waals surface area (Å²) in [6.45, 7) is 2.06. The van der Waals surface area contributed by atoms with Gasteiger partial charge in [-0.1, -0.05) is 18.2 Å². The molecule has 2 atom stereocenters. The first kappa shape index (κ1) is 16.3. The molecule has 0 saturated carbocycles. The van der Waals surface area contributed by atoms with Crippen LogP contribution in [0.2, 0.25) is 0 Å². The van der Waals surface area contributed by atoms with Gasteiger partial charge in [-0.05, 0) is 57.0 Å². The van der Waals surface area contributed by atoms with Gasteiger partial charge in [0.2, 0.25) is 5.91 Å². The monoisotopic (exact) mass is 338 g/mol. The third kappa shape index (κ3) is 3.33. The van der Waals surface area contributed by atoms with Gasteiger partial charge in [0.15, 0.2) is 0 Å². The van der Waals surface area contributed by atoms with Crippen molar-refractivity contribution in [3.05, 3.63) is 48.3 Å². The van der Waals surface area contributed by atoms with Gasteiger partial charge in [-0.2, -0.15) is 5.10 Å². The maximum Gasteiger partial charge on any atom is 0.227 e. The molecule has 2 aromatic rings. The summed E-state index contributed by atoms with van der Waals surface area (Å²) in [6.07, 6.45) is 8.98. The number of likely N-dealkylation sites (tertiary alicyclic amines) is 2. The summed E-state index contributed by atoms with van der Waals surface area (Å²) in [5.74, 6) is 0.246. The third-order valence-electron chi connectivity index (χ3n) is 5.65. The number of aromatic nitrogens is 2. The Morgan fingerprint density at radius 3 is 2.64 bits per heavy atom. The Hall–Kier alpha value is -2.14. The van der Waals surface area contributed by atoms with Crippen LogP contribution in [0, 0.1) is 0 Å². The second-order valence-corrected chi connectivity index (χ2v) is 7.29. The van der Waals surface area contributed by atoms with Crippen LogP contribution < -0.4 is 0 Å². The largest absolute Gasteiger partial charge is 0.338 e. The van der Waals surface area contributed by atoms with Crippen molar-refractivity contribution in [3.63, 3.8) is 0 Å². The Morgan fingerprint density at radius 2 is 1.88 bits per heavy atom. The number of para-hydroxylation sites is 1. The molecule has 0 unspecified atom stereocenters. The van der Waals surface area contributed by atoms with Crippen molar-refractivity contribution in [1.82, 2.24) is 19.6 Å². The van der Waals surface area contributed by atoms with E-state index in [2.05, 4.69) is 21.9 Å². The summed E-state index contributed by atoms with van der Waals surface area (Å²) in [4.78, 5) is 17.5. The van der Waals surface area contributed by atoms with Crippen LogP contribution in [0.3, 0.4) is 0 Å². The zero-order valence-electron chi connectivity index (χ0n) is 14.8. The first-order valence-electron chi connectivity index (χ1n) is 9.31. The maximum absolute atomic E-state index is 12.9. The normalized spacial score (nSPS) is 24.1. The number of hydrogen-bond acceptors (Lipinski definition) is 3. The third-order valence-corrected chi connectivity index (χ3v) is 5.65. The fourth-order valence-corrected chi connectivity index (χ4v) is 4.37. The number of nitrogens with zero attached hydrogens (tertiary/aromatic N) is 4. The van der Waals surface area contributed by atoms with E-state index in [1.807, 2.05) is 47.4 Å². The van der Waals surface area contributed by atoms with E-state index in [1.54, 1.807) is 0 Å². The van der Waals surface area contributed by atoms with Crippen molar-refractivity contribution in [2.75, 3.05) is 20.1 Å². The summed E-state index contributed by atoms with van der Waals surface area (Å²) in [7, 11) is 2.20. The molecular weight excluding hydrogens is 312 g/mol. The van der Waals surface area contributed by atoms with Gasteiger partial charge in [-0.3, -0.25) is 4.79 Å². The van der Waals surface area contributed by atoms with E-state index in [-0.39, 0.29) is 5.91 Å². The van der Waals surface area contributed by atoms with Crippen molar-refractivity contribution >= 4 is 5.91 Å². The highest BCUT2D eigenvalue weighted by molar-refractivity contribution is 5.79. The summed E-state index contributed by atoms with van der Waals surface area (Å²) >= 11 is 0. The van der Waals surface area contributed by atoms with Crippen LogP contribution in [0.5, 0.6) is 0 Å². The molecule has 132 valence electrons. The molecular formula is C20H26N4O. The van der Waals surface area contributed by atoms with Gasteiger partial charge >= 0.3 is 0 Å². The van der Waals surface area contributed by atoms with Gasteiger partial charge in [0.1, 0.15) is 0 Å². The number of benzene rings is 1. The standard InChI is InChI=1S/C20H26N4O/c1-22-11-5-9-18(22)19-10-6-12-23(19)20(25)13-16-14-21-24(15-16)17-7-3-2-4-8-17/h2-4,7-8,14-15,18-19H,5-6,9-13H2,1H3/t18-,19-/m1/s1. The zero-order chi connectivity index (χ0) is 17.2. The number of likely N-dealkylation sites (N-methyl/N-ethyl adjacent to an activating group) is 1. The first-order chi connectivity index (χ1) is 12.2. The van der Waals surface area contributed by atoms with E-state index in [1.165, 1.54) is 12.8 Å². The molecule has 4 rings (SSSR count). The summed E-state index contributed by atoms with van der Waals surface area (Å²) in [6, 6.07) is 11.0. The molecule has 2 fully saturated rings. The minimum Gasteiger partial charge on any atom is -0.338 e. The highest BCUT2D eigenvalue weighted by atomic mass is 16.2. The van der Waals surface area contributed by atoms with Crippen LogP contribution in [-0.4, -0.2) is 57.7 Å². The Morgan fingerprint density at radius 1 is 1.12 bits per heavy atom. The van der Waals surface area contributed by atoms with Crippen LogP contribution in [0.15, 0.2) is 42.7 Å². The smallest absolute Gasteiger partial charge is 0.227 e. The molecule has 0 N–H and O–H groups in total. The van der Waals surface area contributed by atoms with Crippen LogP contribution in [0.1, 0.15) is 31.2 Å². The lowest BCUT2D eigenvalue weighted by Crippen LogP contribution is -2.47. The molecule has 25 heavy (non-hydrogen) atoms. The Bertz CT molecular complexity index is 726. The number of amides is 1. The molecule has 0 radical (unpaired) electrons. The first-order valence-corrected chi connectivity index (χ1v) is 9.31. The van der Waals surface area contributed by atoms with Gasteiger partial charge in [-0.15, -0.1) is 0 Å². The van der Waals surface area contributed by atoms with Crippen molar-refractivity contribution in [1.29, 1.82) is 0 Å². The molecule has 3 heterocycles. The van der Waals surface area contributed by atoms with E-state index in [4.69, 9.17) is 0 Å². The number of hydrogen-bond donors (Lipinski definition) is 0. The number of carbonyl (C=O) groups is 1. The van der Waals surface area contributed by atoms with Crippen molar-refractivity contribution in [3.8, 4) is 5.69 Å². The van der Waals surface area contributed by atoms with Crippen LogP contribution in [0.4, 0.5) is 0 Å². The molecule has 0 bridgehead atoms. The number of rotatable bonds is 4. The Kier molecular flexibility index (Phi) is 4.57. The summed E-state index contributed by atoms with van der Waals surface area (Å²) < 4.78 is 1.84. The van der Waals surface area contributed by atoms with Crippen LogP contribution in [-0.2, 0) is 11.2 Å². The molecule has 2 saturated heterocycles. The minimum atomic E-state index is 0.246. The second-order valence-electron chi connectivity index (χ2n) is 7.29. The van der Waals surface area contributed by atoms with Crippen molar-refractivity contribution < 1.29 is 4.79 Å². The molecule has 5 heteroatoms. The SMILES string of the molecule is CN1CCC[C@@H]1[C@H]1CCCN1C(=O)Cc1cnn(-c2ccccc2)c1. The maximum atomic E-state index is 12.9. The average molecular weight is 338 g/mol. The molecule has 0 spiro atoms. The Labute approximate surface area is 149 Å². The lowest BCUT2D eigenvalue weighted by molar-refractivity contribution is -0.132. The average Bonchev–Trinajstić information content (AvgIpc) is 3.35. The van der Waals surface area contributed by atoms with E-state index >= 15 is 0 Å². The molecule has 1 aromatic carbocycles. The fraction of sp³-hybridized carbons (Fsp3) is 0.500. The fourth-order valence-electron chi connectivity index (χ4n) is 4.37. The predicted octanol–water partition coefficient (Wildman–Crippen LogP) is 2.50. The van der Waals surface area contributed by atoms with Crippen LogP contribution in [0.25, 0.3) is 5.69 Å². The number of carbonyl (C=O) groups excluding carboxylic acids is 1. The Balaban J connectivity index is 1.44. The van der Waals surface area contributed by atoms with Gasteiger partial charge in [-0.25, -0.2) is 4.68 Å².